The van der Waals surface area contributed by atoms with Crippen molar-refractivity contribution in [3.05, 3.63) is 29.8 Å². The molecule has 1 aliphatic carbocycles. The minimum atomic E-state index is -3.52. The lowest BCUT2D eigenvalue weighted by atomic mass is 10.2. The number of benzene rings is 1. The molecule has 2 unspecified atom stereocenters. The fraction of sp³-hybridized carbons (Fsp3) is 0.417. The third-order valence-corrected chi connectivity index (χ3v) is 4.66. The largest absolute Gasteiger partial charge is 0.478 e. The van der Waals surface area contributed by atoms with Crippen LogP contribution >= 0.6 is 0 Å². The fourth-order valence-corrected chi connectivity index (χ4v) is 2.85. The quantitative estimate of drug-likeness (QED) is 0.844. The van der Waals surface area contributed by atoms with E-state index in [-0.39, 0.29) is 10.5 Å². The highest BCUT2D eigenvalue weighted by Crippen LogP contribution is 2.37. The smallest absolute Gasteiger partial charge is 0.335 e. The van der Waals surface area contributed by atoms with Crippen molar-refractivity contribution in [3.63, 3.8) is 0 Å². The van der Waals surface area contributed by atoms with Crippen molar-refractivity contribution in [1.82, 2.24) is 4.72 Å². The van der Waals surface area contributed by atoms with Gasteiger partial charge in [0.05, 0.1) is 10.5 Å². The summed E-state index contributed by atoms with van der Waals surface area (Å²) in [5.41, 5.74) is 0.0739. The Bertz CT molecular complexity index is 550. The molecule has 1 saturated carbocycles. The molecule has 1 aliphatic rings. The van der Waals surface area contributed by atoms with Crippen molar-refractivity contribution in [3.8, 4) is 0 Å². The minimum Gasteiger partial charge on any atom is -0.478 e. The first-order chi connectivity index (χ1) is 8.40. The molecule has 0 aromatic heterocycles. The Balaban J connectivity index is 2.06. The summed E-state index contributed by atoms with van der Waals surface area (Å²) in [6.45, 7) is 2.53. The average Bonchev–Trinajstić information content (AvgIpc) is 3.03. The van der Waals surface area contributed by atoms with E-state index < -0.39 is 16.0 Å². The number of hydrogen-bond acceptors (Lipinski definition) is 3. The van der Waals surface area contributed by atoms with E-state index in [1.54, 1.807) is 0 Å². The van der Waals surface area contributed by atoms with Crippen LogP contribution in [0.2, 0.25) is 0 Å². The lowest BCUT2D eigenvalue weighted by Crippen LogP contribution is -2.26. The lowest BCUT2D eigenvalue weighted by molar-refractivity contribution is 0.0696. The topological polar surface area (TPSA) is 83.5 Å². The van der Waals surface area contributed by atoms with Crippen LogP contribution in [0.15, 0.2) is 29.2 Å². The molecule has 0 heterocycles. The molecule has 0 spiro atoms. The fourth-order valence-electron chi connectivity index (χ4n) is 1.76. The second-order valence-corrected chi connectivity index (χ2v) is 6.42. The van der Waals surface area contributed by atoms with Crippen molar-refractivity contribution in [1.29, 1.82) is 0 Å². The zero-order valence-electron chi connectivity index (χ0n) is 9.96. The summed E-state index contributed by atoms with van der Waals surface area (Å²) in [5, 5.41) is 8.73. The van der Waals surface area contributed by atoms with E-state index in [1.807, 2.05) is 0 Å². The number of aromatic carboxylic acids is 1. The van der Waals surface area contributed by atoms with E-state index in [0.29, 0.717) is 18.4 Å². The van der Waals surface area contributed by atoms with Crippen LogP contribution in [-0.4, -0.2) is 26.0 Å². The van der Waals surface area contributed by atoms with Gasteiger partial charge in [0.25, 0.3) is 0 Å². The number of hydrogen-bond donors (Lipinski definition) is 2. The Labute approximate surface area is 106 Å². The van der Waals surface area contributed by atoms with Crippen LogP contribution in [0.3, 0.4) is 0 Å². The summed E-state index contributed by atoms with van der Waals surface area (Å²) in [5.74, 6) is -0.0566. The van der Waals surface area contributed by atoms with Crippen LogP contribution in [0.4, 0.5) is 0 Å². The summed E-state index contributed by atoms with van der Waals surface area (Å²) in [6.07, 6.45) is 1.06. The molecule has 18 heavy (non-hydrogen) atoms. The second-order valence-electron chi connectivity index (χ2n) is 4.65. The van der Waals surface area contributed by atoms with Crippen LogP contribution < -0.4 is 4.72 Å². The van der Waals surface area contributed by atoms with Gasteiger partial charge in [-0.15, -0.1) is 0 Å². The van der Waals surface area contributed by atoms with Gasteiger partial charge in [0.2, 0.25) is 10.0 Å². The lowest BCUT2D eigenvalue weighted by Gasteiger charge is -2.06. The number of carbonyl (C=O) groups is 1. The number of carboxylic acids is 1. The molecule has 98 valence electrons. The van der Waals surface area contributed by atoms with E-state index in [1.165, 1.54) is 24.3 Å². The van der Waals surface area contributed by atoms with Gasteiger partial charge in [0.1, 0.15) is 0 Å². The molecule has 1 aromatic carbocycles. The van der Waals surface area contributed by atoms with Crippen LogP contribution in [0.25, 0.3) is 0 Å². The third kappa shape index (κ3) is 2.88. The molecule has 0 saturated heterocycles. The minimum absolute atomic E-state index is 0.0739. The highest BCUT2D eigenvalue weighted by atomic mass is 32.2. The Morgan fingerprint density at radius 3 is 2.39 bits per heavy atom. The highest BCUT2D eigenvalue weighted by Gasteiger charge is 2.33. The average molecular weight is 269 g/mol. The van der Waals surface area contributed by atoms with Gasteiger partial charge in [-0.2, -0.15) is 0 Å². The van der Waals surface area contributed by atoms with Gasteiger partial charge in [-0.3, -0.25) is 0 Å². The zero-order valence-corrected chi connectivity index (χ0v) is 10.8. The van der Waals surface area contributed by atoms with Gasteiger partial charge >= 0.3 is 5.97 Å². The van der Waals surface area contributed by atoms with Gasteiger partial charge in [-0.05, 0) is 42.5 Å². The summed E-state index contributed by atoms with van der Waals surface area (Å²) in [6, 6.07) is 5.19. The monoisotopic (exact) mass is 269 g/mol. The van der Waals surface area contributed by atoms with Gasteiger partial charge in [0, 0.05) is 6.54 Å². The molecular formula is C12H15NO4S. The third-order valence-electron chi connectivity index (χ3n) is 3.22. The molecule has 5 nitrogen and oxygen atoms in total. The molecule has 6 heteroatoms. The first-order valence-corrected chi connectivity index (χ1v) is 7.21. The summed E-state index contributed by atoms with van der Waals surface area (Å²) in [7, 11) is -3.52. The van der Waals surface area contributed by atoms with Gasteiger partial charge in [-0.25, -0.2) is 17.9 Å². The zero-order chi connectivity index (χ0) is 13.3. The Morgan fingerprint density at radius 2 is 1.94 bits per heavy atom. The molecule has 0 bridgehead atoms. The molecular weight excluding hydrogens is 254 g/mol. The van der Waals surface area contributed by atoms with E-state index in [4.69, 9.17) is 5.11 Å². The predicted molar refractivity (Wildman–Crippen MR) is 65.9 cm³/mol. The van der Waals surface area contributed by atoms with Gasteiger partial charge in [0.15, 0.2) is 0 Å². The van der Waals surface area contributed by atoms with E-state index in [9.17, 15) is 13.2 Å². The number of carboxylic acid groups (broad SMARTS) is 1. The Hall–Kier alpha value is -1.40. The molecule has 2 atom stereocenters. The van der Waals surface area contributed by atoms with Gasteiger partial charge < -0.3 is 5.11 Å². The van der Waals surface area contributed by atoms with Gasteiger partial charge in [-0.1, -0.05) is 6.92 Å². The molecule has 0 aliphatic heterocycles. The standard InChI is InChI=1S/C12H15NO4S/c1-8-6-10(8)7-13-18(16,17)11-4-2-9(3-5-11)12(14)15/h2-5,8,10,13H,6-7H2,1H3,(H,14,15). The molecule has 1 aromatic rings. The van der Waals surface area contributed by atoms with E-state index in [2.05, 4.69) is 11.6 Å². The summed E-state index contributed by atoms with van der Waals surface area (Å²) >= 11 is 0. The first kappa shape index (κ1) is 13.0. The van der Waals surface area contributed by atoms with Crippen LogP contribution in [0.5, 0.6) is 0 Å². The summed E-state index contributed by atoms with van der Waals surface area (Å²) in [4.78, 5) is 10.8. The van der Waals surface area contributed by atoms with Crippen molar-refractivity contribution in [2.24, 2.45) is 11.8 Å². The highest BCUT2D eigenvalue weighted by molar-refractivity contribution is 7.89. The van der Waals surface area contributed by atoms with Crippen LogP contribution in [0, 0.1) is 11.8 Å². The van der Waals surface area contributed by atoms with E-state index >= 15 is 0 Å². The molecule has 2 rings (SSSR count). The Kier molecular flexibility index (Phi) is 3.41. The molecule has 0 radical (unpaired) electrons. The van der Waals surface area contributed by atoms with Crippen molar-refractivity contribution >= 4 is 16.0 Å². The number of nitrogens with one attached hydrogen (secondary N) is 1. The van der Waals surface area contributed by atoms with Crippen molar-refractivity contribution in [2.75, 3.05) is 6.54 Å². The van der Waals surface area contributed by atoms with Crippen LogP contribution in [0.1, 0.15) is 23.7 Å². The molecule has 1 fully saturated rings. The van der Waals surface area contributed by atoms with Crippen molar-refractivity contribution in [2.45, 2.75) is 18.2 Å². The maximum Gasteiger partial charge on any atom is 0.335 e. The number of sulfonamides is 1. The second kappa shape index (κ2) is 4.70. The normalized spacial score (nSPS) is 22.7. The van der Waals surface area contributed by atoms with E-state index in [0.717, 1.165) is 6.42 Å². The maximum absolute atomic E-state index is 11.9. The van der Waals surface area contributed by atoms with Crippen molar-refractivity contribution < 1.29 is 18.3 Å². The maximum atomic E-state index is 11.9. The summed E-state index contributed by atoms with van der Waals surface area (Å²) < 4.78 is 26.3. The number of rotatable bonds is 5. The SMILES string of the molecule is CC1CC1CNS(=O)(=O)c1ccc(C(=O)O)cc1. The van der Waals surface area contributed by atoms with Crippen LogP contribution in [-0.2, 0) is 10.0 Å². The first-order valence-electron chi connectivity index (χ1n) is 5.73. The molecule has 0 amide bonds. The Morgan fingerprint density at radius 1 is 1.39 bits per heavy atom. The predicted octanol–water partition coefficient (Wildman–Crippen LogP) is 1.32. The molecule has 2 N–H and O–H groups in total.